The minimum Gasteiger partial charge on any atom is -0.370 e. The van der Waals surface area contributed by atoms with Gasteiger partial charge in [-0.1, -0.05) is 22.0 Å². The number of benzene rings is 1. The van der Waals surface area contributed by atoms with E-state index in [1.54, 1.807) is 0 Å². The quantitative estimate of drug-likeness (QED) is 0.932. The largest absolute Gasteiger partial charge is 0.370 e. The standard InChI is InChI=1S/C16H18BrN3/c17-14-3-5-16(6-4-14)20-9-7-15(12-20)19-11-13-2-1-8-18-10-13/h1-6,8,10,15,19H,7,9,11-12H2. The van der Waals surface area contributed by atoms with Gasteiger partial charge in [-0.05, 0) is 42.3 Å². The second kappa shape index (κ2) is 6.37. The molecule has 1 aromatic carbocycles. The molecular formula is C16H18BrN3. The number of pyridine rings is 1. The third-order valence-electron chi connectivity index (χ3n) is 3.70. The van der Waals surface area contributed by atoms with Gasteiger partial charge in [0.1, 0.15) is 0 Å². The normalized spacial score (nSPS) is 18.4. The van der Waals surface area contributed by atoms with Crippen LogP contribution in [0, 0.1) is 0 Å². The average Bonchev–Trinajstić information content (AvgIpc) is 2.96. The number of aromatic nitrogens is 1. The summed E-state index contributed by atoms with van der Waals surface area (Å²) in [4.78, 5) is 6.58. The van der Waals surface area contributed by atoms with Crippen molar-refractivity contribution < 1.29 is 0 Å². The molecule has 1 atom stereocenters. The van der Waals surface area contributed by atoms with Crippen LogP contribution in [0.15, 0.2) is 53.3 Å². The van der Waals surface area contributed by atoms with E-state index in [1.807, 2.05) is 18.5 Å². The highest BCUT2D eigenvalue weighted by atomic mass is 79.9. The summed E-state index contributed by atoms with van der Waals surface area (Å²) >= 11 is 3.48. The molecule has 1 saturated heterocycles. The Balaban J connectivity index is 1.53. The SMILES string of the molecule is Brc1ccc(N2CCC(NCc3cccnc3)C2)cc1. The first-order valence-corrected chi connectivity index (χ1v) is 7.73. The van der Waals surface area contributed by atoms with Crippen molar-refractivity contribution in [3.63, 3.8) is 0 Å². The summed E-state index contributed by atoms with van der Waals surface area (Å²) < 4.78 is 1.13. The molecule has 0 bridgehead atoms. The Hall–Kier alpha value is -1.39. The first-order valence-electron chi connectivity index (χ1n) is 6.94. The molecule has 104 valence electrons. The fourth-order valence-corrected chi connectivity index (χ4v) is 2.84. The van der Waals surface area contributed by atoms with Crippen LogP contribution in [0.25, 0.3) is 0 Å². The van der Waals surface area contributed by atoms with Crippen LogP contribution < -0.4 is 10.2 Å². The summed E-state index contributed by atoms with van der Waals surface area (Å²) in [6, 6.07) is 13.2. The molecule has 20 heavy (non-hydrogen) atoms. The fourth-order valence-electron chi connectivity index (χ4n) is 2.58. The molecule has 0 saturated carbocycles. The van der Waals surface area contributed by atoms with Crippen LogP contribution in [0.3, 0.4) is 0 Å². The molecule has 3 nitrogen and oxygen atoms in total. The summed E-state index contributed by atoms with van der Waals surface area (Å²) in [6.45, 7) is 3.08. The van der Waals surface area contributed by atoms with E-state index in [1.165, 1.54) is 17.7 Å². The Kier molecular flexibility index (Phi) is 4.33. The van der Waals surface area contributed by atoms with Crippen LogP contribution in [0.2, 0.25) is 0 Å². The van der Waals surface area contributed by atoms with Gasteiger partial charge in [0.2, 0.25) is 0 Å². The molecule has 0 radical (unpaired) electrons. The minimum absolute atomic E-state index is 0.554. The lowest BCUT2D eigenvalue weighted by Gasteiger charge is -2.19. The van der Waals surface area contributed by atoms with E-state index < -0.39 is 0 Å². The summed E-state index contributed by atoms with van der Waals surface area (Å²) in [5.41, 5.74) is 2.55. The van der Waals surface area contributed by atoms with Gasteiger partial charge < -0.3 is 10.2 Å². The van der Waals surface area contributed by atoms with E-state index in [0.29, 0.717) is 6.04 Å². The summed E-state index contributed by atoms with van der Waals surface area (Å²) in [5.74, 6) is 0. The Bertz CT molecular complexity index is 541. The summed E-state index contributed by atoms with van der Waals surface area (Å²) in [7, 11) is 0. The van der Waals surface area contributed by atoms with Gasteiger partial charge >= 0.3 is 0 Å². The van der Waals surface area contributed by atoms with Gasteiger partial charge in [0.15, 0.2) is 0 Å². The Morgan fingerprint density at radius 3 is 2.85 bits per heavy atom. The van der Waals surface area contributed by atoms with Crippen molar-refractivity contribution in [2.24, 2.45) is 0 Å². The highest BCUT2D eigenvalue weighted by molar-refractivity contribution is 9.10. The van der Waals surface area contributed by atoms with Crippen molar-refractivity contribution in [3.05, 3.63) is 58.8 Å². The molecule has 1 fully saturated rings. The van der Waals surface area contributed by atoms with Crippen LogP contribution in [0.1, 0.15) is 12.0 Å². The molecule has 0 aliphatic carbocycles. The molecule has 1 N–H and O–H groups in total. The molecule has 1 aliphatic heterocycles. The van der Waals surface area contributed by atoms with Gasteiger partial charge in [-0.25, -0.2) is 0 Å². The highest BCUT2D eigenvalue weighted by Crippen LogP contribution is 2.22. The lowest BCUT2D eigenvalue weighted by molar-refractivity contribution is 0.551. The molecule has 2 aromatic rings. The van der Waals surface area contributed by atoms with E-state index in [2.05, 4.69) is 61.5 Å². The number of nitrogens with zero attached hydrogens (tertiary/aromatic N) is 2. The van der Waals surface area contributed by atoms with E-state index in [-0.39, 0.29) is 0 Å². The van der Waals surface area contributed by atoms with Gasteiger partial charge in [-0.2, -0.15) is 0 Å². The number of anilines is 1. The first kappa shape index (κ1) is 13.6. The van der Waals surface area contributed by atoms with Gasteiger partial charge in [0, 0.05) is 48.2 Å². The molecule has 3 rings (SSSR count). The van der Waals surface area contributed by atoms with Crippen molar-refractivity contribution in [1.29, 1.82) is 0 Å². The van der Waals surface area contributed by atoms with Crippen LogP contribution >= 0.6 is 15.9 Å². The second-order valence-corrected chi connectivity index (χ2v) is 6.07. The minimum atomic E-state index is 0.554. The van der Waals surface area contributed by atoms with Crippen molar-refractivity contribution in [1.82, 2.24) is 10.3 Å². The van der Waals surface area contributed by atoms with Crippen molar-refractivity contribution in [2.75, 3.05) is 18.0 Å². The topological polar surface area (TPSA) is 28.2 Å². The molecule has 4 heteroatoms. The lowest BCUT2D eigenvalue weighted by atomic mass is 10.2. The van der Waals surface area contributed by atoms with Crippen LogP contribution in [0.4, 0.5) is 5.69 Å². The zero-order chi connectivity index (χ0) is 13.8. The van der Waals surface area contributed by atoms with E-state index >= 15 is 0 Å². The van der Waals surface area contributed by atoms with Gasteiger partial charge in [-0.15, -0.1) is 0 Å². The van der Waals surface area contributed by atoms with E-state index in [4.69, 9.17) is 0 Å². The van der Waals surface area contributed by atoms with Gasteiger partial charge in [0.05, 0.1) is 0 Å². The zero-order valence-electron chi connectivity index (χ0n) is 11.3. The Morgan fingerprint density at radius 1 is 1.25 bits per heavy atom. The zero-order valence-corrected chi connectivity index (χ0v) is 12.9. The van der Waals surface area contributed by atoms with Crippen molar-refractivity contribution in [2.45, 2.75) is 19.0 Å². The summed E-state index contributed by atoms with van der Waals surface area (Å²) in [5, 5.41) is 3.62. The number of halogens is 1. The Morgan fingerprint density at radius 2 is 2.10 bits per heavy atom. The van der Waals surface area contributed by atoms with Gasteiger partial charge in [-0.3, -0.25) is 4.98 Å². The summed E-state index contributed by atoms with van der Waals surface area (Å²) in [6.07, 6.45) is 4.93. The van der Waals surface area contributed by atoms with Crippen LogP contribution in [-0.2, 0) is 6.54 Å². The molecule has 1 aliphatic rings. The van der Waals surface area contributed by atoms with Gasteiger partial charge in [0.25, 0.3) is 0 Å². The highest BCUT2D eigenvalue weighted by Gasteiger charge is 2.21. The lowest BCUT2D eigenvalue weighted by Crippen LogP contribution is -2.32. The molecule has 2 heterocycles. The molecule has 1 aromatic heterocycles. The van der Waals surface area contributed by atoms with E-state index in [9.17, 15) is 0 Å². The molecule has 0 amide bonds. The maximum Gasteiger partial charge on any atom is 0.0367 e. The van der Waals surface area contributed by atoms with E-state index in [0.717, 1.165) is 24.1 Å². The first-order chi connectivity index (χ1) is 9.81. The van der Waals surface area contributed by atoms with Crippen molar-refractivity contribution >= 4 is 21.6 Å². The predicted molar refractivity (Wildman–Crippen MR) is 85.8 cm³/mol. The van der Waals surface area contributed by atoms with Crippen molar-refractivity contribution in [3.8, 4) is 0 Å². The van der Waals surface area contributed by atoms with Crippen LogP contribution in [0.5, 0.6) is 0 Å². The third-order valence-corrected chi connectivity index (χ3v) is 4.23. The molecular weight excluding hydrogens is 314 g/mol. The predicted octanol–water partition coefficient (Wildman–Crippen LogP) is 3.21. The smallest absolute Gasteiger partial charge is 0.0367 e. The number of rotatable bonds is 4. The Labute approximate surface area is 128 Å². The number of nitrogens with one attached hydrogen (secondary N) is 1. The third kappa shape index (κ3) is 3.38. The monoisotopic (exact) mass is 331 g/mol. The molecule has 1 unspecified atom stereocenters. The maximum absolute atomic E-state index is 4.15. The maximum atomic E-state index is 4.15. The number of hydrogen-bond acceptors (Lipinski definition) is 3. The number of hydrogen-bond donors (Lipinski definition) is 1. The fraction of sp³-hybridized carbons (Fsp3) is 0.312. The van der Waals surface area contributed by atoms with Crippen LogP contribution in [-0.4, -0.2) is 24.1 Å². The average molecular weight is 332 g/mol. The second-order valence-electron chi connectivity index (χ2n) is 5.15. The molecule has 0 spiro atoms.